The van der Waals surface area contributed by atoms with Gasteiger partial charge in [0.05, 0.1) is 16.6 Å². The third kappa shape index (κ3) is 7.15. The molecule has 210 valence electrons. The number of thiocarbonyl (C=S) groups is 1. The summed E-state index contributed by atoms with van der Waals surface area (Å²) in [5, 5.41) is 13.3. The number of rotatable bonds is 10. The Morgan fingerprint density at radius 3 is 2.65 bits per heavy atom. The van der Waals surface area contributed by atoms with Gasteiger partial charge in [-0.3, -0.25) is 14.5 Å². The molecule has 9 heteroatoms. The lowest BCUT2D eigenvalue weighted by Gasteiger charge is -2.22. The molecule has 6 nitrogen and oxygen atoms in total. The molecule has 0 spiro atoms. The van der Waals surface area contributed by atoms with Gasteiger partial charge in [-0.2, -0.15) is 5.26 Å². The first-order valence-corrected chi connectivity index (χ1v) is 16.4. The van der Waals surface area contributed by atoms with E-state index in [-0.39, 0.29) is 11.8 Å². The van der Waals surface area contributed by atoms with Crippen molar-refractivity contribution < 1.29 is 14.3 Å². The van der Waals surface area contributed by atoms with Crippen molar-refractivity contribution in [2.24, 2.45) is 0 Å². The van der Waals surface area contributed by atoms with Crippen LogP contribution in [-0.2, 0) is 22.4 Å². The van der Waals surface area contributed by atoms with Crippen molar-refractivity contribution in [1.82, 2.24) is 4.90 Å². The topological polar surface area (TPSA) is 82.4 Å². The first-order valence-electron chi connectivity index (χ1n) is 14.4. The van der Waals surface area contributed by atoms with Crippen molar-refractivity contribution >= 4 is 62.5 Å². The number of thioether (sulfide) groups is 1. The fraction of sp³-hybridized carbons (Fsp3) is 0.484. The van der Waals surface area contributed by atoms with Crippen molar-refractivity contribution in [3.63, 3.8) is 0 Å². The SMILES string of the molecule is N#Cc1c(NC(=O)CCCCCN2C(=O)/C(=C/c3ccc(OC4CCCCC4)cc3)SC2=S)sc2c1CCCC2. The smallest absolute Gasteiger partial charge is 0.266 e. The predicted octanol–water partition coefficient (Wildman–Crippen LogP) is 7.61. The maximum absolute atomic E-state index is 13.0. The Labute approximate surface area is 250 Å². The van der Waals surface area contributed by atoms with E-state index in [0.29, 0.717) is 38.9 Å². The van der Waals surface area contributed by atoms with Gasteiger partial charge >= 0.3 is 0 Å². The lowest BCUT2D eigenvalue weighted by molar-refractivity contribution is -0.122. The van der Waals surface area contributed by atoms with Crippen LogP contribution in [0, 0.1) is 11.3 Å². The number of hydrogen-bond donors (Lipinski definition) is 1. The summed E-state index contributed by atoms with van der Waals surface area (Å²) in [6, 6.07) is 10.2. The zero-order valence-corrected chi connectivity index (χ0v) is 25.2. The molecule has 2 aromatic rings. The minimum atomic E-state index is -0.0567. The van der Waals surface area contributed by atoms with Crippen LogP contribution in [0.1, 0.15) is 92.2 Å². The molecule has 0 unspecified atom stereocenters. The van der Waals surface area contributed by atoms with Crippen LogP contribution in [0.3, 0.4) is 0 Å². The van der Waals surface area contributed by atoms with Crippen molar-refractivity contribution in [3.8, 4) is 11.8 Å². The van der Waals surface area contributed by atoms with E-state index < -0.39 is 0 Å². The highest BCUT2D eigenvalue weighted by Gasteiger charge is 2.31. The molecule has 2 heterocycles. The zero-order valence-electron chi connectivity index (χ0n) is 22.7. The molecule has 1 saturated carbocycles. The Morgan fingerprint density at radius 2 is 1.88 bits per heavy atom. The van der Waals surface area contributed by atoms with Crippen LogP contribution in [0.2, 0.25) is 0 Å². The fourth-order valence-electron chi connectivity index (χ4n) is 5.56. The first kappa shape index (κ1) is 28.8. The summed E-state index contributed by atoms with van der Waals surface area (Å²) in [5.41, 5.74) is 2.74. The number of carbonyl (C=O) groups excluding carboxylic acids is 2. The molecule has 1 aliphatic heterocycles. The highest BCUT2D eigenvalue weighted by molar-refractivity contribution is 8.26. The average molecular weight is 594 g/mol. The summed E-state index contributed by atoms with van der Waals surface area (Å²) in [6.07, 6.45) is 15.1. The quantitative estimate of drug-likeness (QED) is 0.173. The third-order valence-electron chi connectivity index (χ3n) is 7.73. The number of nitrogens with one attached hydrogen (secondary N) is 1. The maximum atomic E-state index is 13.0. The zero-order chi connectivity index (χ0) is 27.9. The summed E-state index contributed by atoms with van der Waals surface area (Å²) in [6.45, 7) is 0.550. The van der Waals surface area contributed by atoms with Gasteiger partial charge in [-0.1, -0.05) is 49.0 Å². The van der Waals surface area contributed by atoms with Crippen molar-refractivity contribution in [2.45, 2.75) is 89.6 Å². The van der Waals surface area contributed by atoms with Gasteiger partial charge in [0.2, 0.25) is 5.91 Å². The highest BCUT2D eigenvalue weighted by Crippen LogP contribution is 2.38. The van der Waals surface area contributed by atoms with E-state index in [1.165, 1.54) is 35.9 Å². The molecule has 0 atom stereocenters. The van der Waals surface area contributed by atoms with E-state index in [0.717, 1.165) is 74.7 Å². The molecule has 1 aromatic heterocycles. The number of aryl methyl sites for hydroxylation is 1. The lowest BCUT2D eigenvalue weighted by Crippen LogP contribution is -2.29. The average Bonchev–Trinajstić information content (AvgIpc) is 3.45. The van der Waals surface area contributed by atoms with Crippen molar-refractivity contribution in [1.29, 1.82) is 5.26 Å². The number of nitriles is 1. The number of hydrogen-bond acceptors (Lipinski definition) is 7. The number of fused-ring (bicyclic) bond motifs is 1. The number of nitrogens with zero attached hydrogens (tertiary/aromatic N) is 2. The van der Waals surface area contributed by atoms with Crippen LogP contribution in [0.5, 0.6) is 5.75 Å². The van der Waals surface area contributed by atoms with Gasteiger partial charge in [0.25, 0.3) is 5.91 Å². The molecule has 1 N–H and O–H groups in total. The van der Waals surface area contributed by atoms with Gasteiger partial charge in [-0.25, -0.2) is 0 Å². The number of unbranched alkanes of at least 4 members (excludes halogenated alkanes) is 2. The summed E-state index contributed by atoms with van der Waals surface area (Å²) in [4.78, 5) is 29.1. The highest BCUT2D eigenvalue weighted by atomic mass is 32.2. The molecule has 1 saturated heterocycles. The van der Waals surface area contributed by atoms with Crippen LogP contribution < -0.4 is 10.1 Å². The van der Waals surface area contributed by atoms with Crippen LogP contribution in [0.25, 0.3) is 6.08 Å². The summed E-state index contributed by atoms with van der Waals surface area (Å²) in [5.74, 6) is 0.769. The maximum Gasteiger partial charge on any atom is 0.266 e. The van der Waals surface area contributed by atoms with Gasteiger partial charge in [-0.15, -0.1) is 11.3 Å². The second-order valence-corrected chi connectivity index (χ2v) is 13.4. The molecule has 2 aliphatic carbocycles. The van der Waals surface area contributed by atoms with E-state index >= 15 is 0 Å². The first-order chi connectivity index (χ1) is 19.5. The van der Waals surface area contributed by atoms with Crippen LogP contribution >= 0.6 is 35.3 Å². The fourth-order valence-corrected chi connectivity index (χ4v) is 8.12. The molecule has 2 fully saturated rings. The number of ether oxygens (including phenoxy) is 1. The van der Waals surface area contributed by atoms with E-state index in [1.807, 2.05) is 30.3 Å². The molecule has 1 aromatic carbocycles. The van der Waals surface area contributed by atoms with E-state index in [9.17, 15) is 14.9 Å². The molecular formula is C31H35N3O3S3. The Hall–Kier alpha value is -2.67. The van der Waals surface area contributed by atoms with Gasteiger partial charge < -0.3 is 10.1 Å². The lowest BCUT2D eigenvalue weighted by atomic mass is 9.96. The van der Waals surface area contributed by atoms with Crippen LogP contribution in [-0.4, -0.2) is 33.7 Å². The molecule has 2 amide bonds. The summed E-state index contributed by atoms with van der Waals surface area (Å²) in [7, 11) is 0. The van der Waals surface area contributed by atoms with Gasteiger partial charge in [-0.05, 0) is 93.5 Å². The van der Waals surface area contributed by atoms with E-state index in [1.54, 1.807) is 16.2 Å². The number of anilines is 1. The van der Waals surface area contributed by atoms with Gasteiger partial charge in [0.15, 0.2) is 0 Å². The second-order valence-electron chi connectivity index (χ2n) is 10.7. The Bertz CT molecular complexity index is 1320. The Balaban J connectivity index is 1.05. The normalized spacial score (nSPS) is 18.6. The Morgan fingerprint density at radius 1 is 1.10 bits per heavy atom. The predicted molar refractivity (Wildman–Crippen MR) is 167 cm³/mol. The second kappa shape index (κ2) is 13.8. The number of benzene rings is 1. The molecule has 0 bridgehead atoms. The number of carbonyl (C=O) groups is 2. The summed E-state index contributed by atoms with van der Waals surface area (Å²) >= 11 is 8.39. The Kier molecular flexibility index (Phi) is 9.95. The largest absolute Gasteiger partial charge is 0.490 e. The number of amides is 2. The van der Waals surface area contributed by atoms with Gasteiger partial charge in [0.1, 0.15) is 21.1 Å². The van der Waals surface area contributed by atoms with Crippen molar-refractivity contribution in [2.75, 3.05) is 11.9 Å². The van der Waals surface area contributed by atoms with Crippen LogP contribution in [0.15, 0.2) is 29.2 Å². The number of thiophene rings is 1. The van der Waals surface area contributed by atoms with Crippen LogP contribution in [0.4, 0.5) is 5.00 Å². The standard InChI is InChI=1S/C31H35N3O3S3/c32-20-25-24-11-6-7-12-26(24)39-29(25)33-28(35)13-5-2-8-18-34-30(36)27(40-31(34)38)19-21-14-16-23(17-15-21)37-22-9-3-1-4-10-22/h14-17,19,22H,1-13,18H2,(H,33,35)/b27-19-. The molecule has 5 rings (SSSR count). The van der Waals surface area contributed by atoms with E-state index in [4.69, 9.17) is 17.0 Å². The molecule has 40 heavy (non-hydrogen) atoms. The van der Waals surface area contributed by atoms with E-state index in [2.05, 4.69) is 11.4 Å². The molecular weight excluding hydrogens is 559 g/mol. The molecule has 0 radical (unpaired) electrons. The minimum Gasteiger partial charge on any atom is -0.490 e. The third-order valence-corrected chi connectivity index (χ3v) is 10.3. The monoisotopic (exact) mass is 593 g/mol. The molecule has 3 aliphatic rings. The van der Waals surface area contributed by atoms with Gasteiger partial charge in [0, 0.05) is 17.8 Å². The summed E-state index contributed by atoms with van der Waals surface area (Å²) < 4.78 is 6.69. The minimum absolute atomic E-state index is 0.0547. The van der Waals surface area contributed by atoms with Crippen molar-refractivity contribution in [3.05, 3.63) is 50.7 Å².